The molecule has 26 heavy (non-hydrogen) atoms. The lowest BCUT2D eigenvalue weighted by Gasteiger charge is -2.29. The third-order valence-electron chi connectivity index (χ3n) is 4.26. The van der Waals surface area contributed by atoms with E-state index in [0.717, 1.165) is 20.5 Å². The Hall–Kier alpha value is -1.38. The Kier molecular flexibility index (Phi) is 5.61. The van der Waals surface area contributed by atoms with Crippen molar-refractivity contribution in [2.45, 2.75) is 12.9 Å². The van der Waals surface area contributed by atoms with E-state index in [-0.39, 0.29) is 0 Å². The van der Waals surface area contributed by atoms with Gasteiger partial charge in [0.05, 0.1) is 10.2 Å². The normalized spacial score (nSPS) is 16.2. The molecule has 4 heteroatoms. The van der Waals surface area contributed by atoms with E-state index in [1.807, 2.05) is 36.4 Å². The van der Waals surface area contributed by atoms with Crippen LogP contribution in [0.1, 0.15) is 28.5 Å². The average Bonchev–Trinajstić information content (AvgIpc) is 2.69. The minimum atomic E-state index is -0.420. The van der Waals surface area contributed by atoms with Crippen LogP contribution < -0.4 is 0 Å². The lowest BCUT2D eigenvalue weighted by Crippen LogP contribution is -2.15. The van der Waals surface area contributed by atoms with Crippen LogP contribution in [-0.2, 0) is 16.1 Å². The van der Waals surface area contributed by atoms with Gasteiger partial charge in [-0.3, -0.25) is 0 Å². The predicted molar refractivity (Wildman–Crippen MR) is 121 cm³/mol. The van der Waals surface area contributed by atoms with Crippen LogP contribution in [0.5, 0.6) is 0 Å². The largest absolute Gasteiger partial charge is 0.459 e. The van der Waals surface area contributed by atoms with Gasteiger partial charge in [0.2, 0.25) is 6.29 Å². The van der Waals surface area contributed by atoms with Crippen LogP contribution in [-0.4, -0.2) is 0 Å². The van der Waals surface area contributed by atoms with E-state index in [0.29, 0.717) is 6.61 Å². The second-order valence-electron chi connectivity index (χ2n) is 5.95. The molecule has 0 fully saturated rings. The molecular weight excluding hydrogens is 550 g/mol. The van der Waals surface area contributed by atoms with E-state index in [1.165, 1.54) is 14.7 Å². The standard InChI is InChI=1S/C22H16I2O2/c23-19-13-7-4-10-16(19)14-25-22-18-12-6-5-11-17(18)20(24)21(26-22)15-8-2-1-3-9-15/h1-13,22H,14H2. The van der Waals surface area contributed by atoms with E-state index in [1.54, 1.807) is 0 Å². The molecule has 0 aromatic heterocycles. The fraction of sp³-hybridized carbons (Fsp3) is 0.0909. The Morgan fingerprint density at radius 2 is 1.50 bits per heavy atom. The summed E-state index contributed by atoms with van der Waals surface area (Å²) >= 11 is 4.71. The highest BCUT2D eigenvalue weighted by Gasteiger charge is 2.28. The Morgan fingerprint density at radius 1 is 0.808 bits per heavy atom. The second-order valence-corrected chi connectivity index (χ2v) is 8.19. The fourth-order valence-corrected chi connectivity index (χ4v) is 4.41. The Balaban J connectivity index is 1.67. The Bertz CT molecular complexity index is 951. The maximum atomic E-state index is 6.32. The van der Waals surface area contributed by atoms with Gasteiger partial charge in [-0.25, -0.2) is 0 Å². The molecule has 3 aromatic carbocycles. The number of fused-ring (bicyclic) bond motifs is 1. The van der Waals surface area contributed by atoms with Crippen molar-refractivity contribution in [1.29, 1.82) is 0 Å². The molecule has 1 heterocycles. The molecule has 0 aliphatic carbocycles. The van der Waals surface area contributed by atoms with Crippen LogP contribution in [0.3, 0.4) is 0 Å². The molecule has 0 radical (unpaired) electrons. The summed E-state index contributed by atoms with van der Waals surface area (Å²) in [5.74, 6) is 0.873. The maximum absolute atomic E-state index is 6.32. The molecule has 130 valence electrons. The first-order valence-corrected chi connectivity index (χ1v) is 10.5. The second kappa shape index (κ2) is 8.10. The minimum absolute atomic E-state index is 0.420. The quantitative estimate of drug-likeness (QED) is 0.324. The highest BCUT2D eigenvalue weighted by atomic mass is 127. The number of hydrogen-bond donors (Lipinski definition) is 0. The van der Waals surface area contributed by atoms with Crippen LogP contribution in [0.2, 0.25) is 0 Å². The van der Waals surface area contributed by atoms with Crippen molar-refractivity contribution in [1.82, 2.24) is 0 Å². The van der Waals surface area contributed by atoms with Crippen molar-refractivity contribution in [3.05, 3.63) is 105 Å². The molecule has 0 N–H and O–H groups in total. The molecule has 0 saturated carbocycles. The molecule has 0 amide bonds. The van der Waals surface area contributed by atoms with Crippen LogP contribution in [0.15, 0.2) is 78.9 Å². The zero-order chi connectivity index (χ0) is 17.9. The van der Waals surface area contributed by atoms with Gasteiger partial charge in [-0.2, -0.15) is 0 Å². The third-order valence-corrected chi connectivity index (χ3v) is 6.38. The van der Waals surface area contributed by atoms with E-state index >= 15 is 0 Å². The molecule has 2 nitrogen and oxygen atoms in total. The molecular formula is C22H16I2O2. The lowest BCUT2D eigenvalue weighted by atomic mass is 10.0. The predicted octanol–water partition coefficient (Wildman–Crippen LogP) is 6.80. The first-order chi connectivity index (χ1) is 12.7. The highest BCUT2D eigenvalue weighted by Crippen LogP contribution is 2.44. The first kappa shape index (κ1) is 18.0. The van der Waals surface area contributed by atoms with Gasteiger partial charge >= 0.3 is 0 Å². The van der Waals surface area contributed by atoms with Crippen molar-refractivity contribution >= 4 is 54.5 Å². The smallest absolute Gasteiger partial charge is 0.227 e. The summed E-state index contributed by atoms with van der Waals surface area (Å²) in [6.45, 7) is 0.511. The SMILES string of the molecule is IC1=C(c2ccccc2)OC(OCc2ccccc2I)c2ccccc21. The van der Waals surface area contributed by atoms with Crippen molar-refractivity contribution in [3.8, 4) is 0 Å². The summed E-state index contributed by atoms with van der Waals surface area (Å²) in [5, 5.41) is 0. The maximum Gasteiger partial charge on any atom is 0.227 e. The minimum Gasteiger partial charge on any atom is -0.459 e. The molecule has 0 bridgehead atoms. The fourth-order valence-electron chi connectivity index (χ4n) is 2.94. The van der Waals surface area contributed by atoms with Crippen molar-refractivity contribution < 1.29 is 9.47 Å². The molecule has 0 saturated heterocycles. The van der Waals surface area contributed by atoms with E-state index in [4.69, 9.17) is 9.47 Å². The lowest BCUT2D eigenvalue weighted by molar-refractivity contribution is -0.111. The van der Waals surface area contributed by atoms with E-state index in [2.05, 4.69) is 87.6 Å². The highest BCUT2D eigenvalue weighted by molar-refractivity contribution is 14.1. The molecule has 3 aromatic rings. The number of rotatable bonds is 4. The molecule has 1 aliphatic rings. The van der Waals surface area contributed by atoms with E-state index < -0.39 is 6.29 Å². The van der Waals surface area contributed by atoms with Gasteiger partial charge in [-0.15, -0.1) is 0 Å². The van der Waals surface area contributed by atoms with Crippen molar-refractivity contribution in [3.63, 3.8) is 0 Å². The molecule has 0 spiro atoms. The van der Waals surface area contributed by atoms with Gasteiger partial charge in [0.15, 0.2) is 0 Å². The van der Waals surface area contributed by atoms with Gasteiger partial charge < -0.3 is 9.47 Å². The summed E-state index contributed by atoms with van der Waals surface area (Å²) in [5.41, 5.74) is 4.47. The van der Waals surface area contributed by atoms with Crippen molar-refractivity contribution in [2.75, 3.05) is 0 Å². The van der Waals surface area contributed by atoms with Gasteiger partial charge in [0.25, 0.3) is 0 Å². The number of halogens is 2. The van der Waals surface area contributed by atoms with Crippen molar-refractivity contribution in [2.24, 2.45) is 0 Å². The number of hydrogen-bond acceptors (Lipinski definition) is 2. The Labute approximate surface area is 180 Å². The zero-order valence-electron chi connectivity index (χ0n) is 13.9. The monoisotopic (exact) mass is 566 g/mol. The molecule has 1 unspecified atom stereocenters. The number of ether oxygens (including phenoxy) is 2. The summed E-state index contributed by atoms with van der Waals surface area (Å²) in [4.78, 5) is 0. The van der Waals surface area contributed by atoms with Gasteiger partial charge in [0, 0.05) is 20.3 Å². The zero-order valence-corrected chi connectivity index (χ0v) is 18.2. The van der Waals surface area contributed by atoms with Crippen LogP contribution in [0, 0.1) is 3.57 Å². The summed E-state index contributed by atoms with van der Waals surface area (Å²) in [6, 6.07) is 26.8. The molecule has 4 rings (SSSR count). The summed E-state index contributed by atoms with van der Waals surface area (Å²) in [6.07, 6.45) is -0.420. The summed E-state index contributed by atoms with van der Waals surface area (Å²) < 4.78 is 14.8. The topological polar surface area (TPSA) is 18.5 Å². The number of benzene rings is 3. The average molecular weight is 566 g/mol. The van der Waals surface area contributed by atoms with Gasteiger partial charge in [0.1, 0.15) is 5.76 Å². The molecule has 1 aliphatic heterocycles. The first-order valence-electron chi connectivity index (χ1n) is 8.30. The van der Waals surface area contributed by atoms with Gasteiger partial charge in [-0.05, 0) is 56.8 Å². The Morgan fingerprint density at radius 3 is 2.31 bits per heavy atom. The van der Waals surface area contributed by atoms with Crippen LogP contribution in [0.25, 0.3) is 9.34 Å². The van der Waals surface area contributed by atoms with Crippen LogP contribution >= 0.6 is 45.2 Å². The third kappa shape index (κ3) is 3.68. The van der Waals surface area contributed by atoms with Crippen LogP contribution in [0.4, 0.5) is 0 Å². The molecule has 1 atom stereocenters. The van der Waals surface area contributed by atoms with E-state index in [9.17, 15) is 0 Å². The van der Waals surface area contributed by atoms with Gasteiger partial charge in [-0.1, -0.05) is 72.8 Å². The summed E-state index contributed by atoms with van der Waals surface area (Å²) in [7, 11) is 0.